The monoisotopic (exact) mass is 389 g/mol. The van der Waals surface area contributed by atoms with Crippen LogP contribution in [-0.2, 0) is 11.2 Å². The van der Waals surface area contributed by atoms with E-state index in [1.807, 2.05) is 19.1 Å². The molecule has 6 nitrogen and oxygen atoms in total. The third kappa shape index (κ3) is 4.79. The maximum atomic E-state index is 12.6. The predicted molar refractivity (Wildman–Crippen MR) is 114 cm³/mol. The van der Waals surface area contributed by atoms with E-state index in [0.29, 0.717) is 16.8 Å². The molecule has 0 saturated carbocycles. The Morgan fingerprint density at radius 1 is 1.00 bits per heavy atom. The van der Waals surface area contributed by atoms with Crippen molar-refractivity contribution >= 4 is 28.9 Å². The number of aryl methyl sites for hydroxylation is 2. The molecule has 0 spiro atoms. The molecule has 0 unspecified atom stereocenters. The molecule has 0 atom stereocenters. The lowest BCUT2D eigenvalue weighted by atomic mass is 10.1. The summed E-state index contributed by atoms with van der Waals surface area (Å²) in [6, 6.07) is 14.4. The largest absolute Gasteiger partial charge is 0.465 e. The lowest BCUT2D eigenvalue weighted by molar-refractivity contribution is 0.0600. The number of ether oxygens (including phenoxy) is 1. The average molecular weight is 389 g/mol. The molecule has 0 aliphatic rings. The SMILES string of the molecule is CCc1cccc(C)c1Nc1cncc(C(=O)Nc2ccc(C(=O)OC)cc2)c1. The lowest BCUT2D eigenvalue weighted by Crippen LogP contribution is -2.13. The summed E-state index contributed by atoms with van der Waals surface area (Å²) in [5.41, 5.74) is 5.53. The molecule has 3 rings (SSSR count). The van der Waals surface area contributed by atoms with E-state index < -0.39 is 5.97 Å². The van der Waals surface area contributed by atoms with Crippen LogP contribution in [-0.4, -0.2) is 24.0 Å². The first kappa shape index (κ1) is 20.1. The van der Waals surface area contributed by atoms with Gasteiger partial charge in [-0.25, -0.2) is 4.79 Å². The van der Waals surface area contributed by atoms with Gasteiger partial charge in [0, 0.05) is 17.6 Å². The van der Waals surface area contributed by atoms with Gasteiger partial charge in [0.2, 0.25) is 0 Å². The normalized spacial score (nSPS) is 10.3. The van der Waals surface area contributed by atoms with Crippen LogP contribution in [0.25, 0.3) is 0 Å². The van der Waals surface area contributed by atoms with E-state index in [0.717, 1.165) is 23.4 Å². The molecule has 0 fully saturated rings. The van der Waals surface area contributed by atoms with E-state index in [4.69, 9.17) is 0 Å². The van der Waals surface area contributed by atoms with Crippen molar-refractivity contribution in [2.24, 2.45) is 0 Å². The Bertz CT molecular complexity index is 1030. The number of nitrogens with zero attached hydrogens (tertiary/aromatic N) is 1. The number of benzene rings is 2. The molecule has 1 aromatic heterocycles. The molecule has 1 amide bonds. The highest BCUT2D eigenvalue weighted by molar-refractivity contribution is 6.04. The fourth-order valence-electron chi connectivity index (χ4n) is 2.99. The van der Waals surface area contributed by atoms with Crippen LogP contribution in [0.2, 0.25) is 0 Å². The minimum Gasteiger partial charge on any atom is -0.465 e. The van der Waals surface area contributed by atoms with E-state index in [1.165, 1.54) is 18.9 Å². The summed E-state index contributed by atoms with van der Waals surface area (Å²) in [5.74, 6) is -0.707. The number of nitrogens with one attached hydrogen (secondary N) is 2. The van der Waals surface area contributed by atoms with Gasteiger partial charge in [-0.05, 0) is 54.8 Å². The quantitative estimate of drug-likeness (QED) is 0.596. The third-order valence-electron chi connectivity index (χ3n) is 4.57. The van der Waals surface area contributed by atoms with E-state index in [-0.39, 0.29) is 5.91 Å². The molecular formula is C23H23N3O3. The molecular weight excluding hydrogens is 366 g/mol. The number of amides is 1. The van der Waals surface area contributed by atoms with Crippen LogP contribution < -0.4 is 10.6 Å². The van der Waals surface area contributed by atoms with Crippen molar-refractivity contribution in [3.05, 3.63) is 83.2 Å². The minimum absolute atomic E-state index is 0.285. The van der Waals surface area contributed by atoms with Crippen LogP contribution in [0, 0.1) is 6.92 Å². The molecule has 6 heteroatoms. The Balaban J connectivity index is 1.75. The van der Waals surface area contributed by atoms with Gasteiger partial charge in [0.1, 0.15) is 0 Å². The zero-order valence-electron chi connectivity index (χ0n) is 16.7. The number of pyridine rings is 1. The lowest BCUT2D eigenvalue weighted by Gasteiger charge is -2.14. The number of hydrogen-bond donors (Lipinski definition) is 2. The van der Waals surface area contributed by atoms with E-state index in [9.17, 15) is 9.59 Å². The fraction of sp³-hybridized carbons (Fsp3) is 0.174. The first-order valence-electron chi connectivity index (χ1n) is 9.32. The molecule has 0 aliphatic carbocycles. The number of hydrogen-bond acceptors (Lipinski definition) is 5. The molecule has 1 heterocycles. The number of carbonyl (C=O) groups excluding carboxylic acids is 2. The second kappa shape index (κ2) is 9.01. The molecule has 2 aromatic carbocycles. The van der Waals surface area contributed by atoms with Gasteiger partial charge in [0.25, 0.3) is 5.91 Å². The van der Waals surface area contributed by atoms with Crippen LogP contribution >= 0.6 is 0 Å². The summed E-state index contributed by atoms with van der Waals surface area (Å²) in [6.07, 6.45) is 4.11. The van der Waals surface area contributed by atoms with Gasteiger partial charge in [0.05, 0.1) is 30.1 Å². The average Bonchev–Trinajstić information content (AvgIpc) is 2.75. The topological polar surface area (TPSA) is 80.3 Å². The van der Waals surface area contributed by atoms with Crippen LogP contribution in [0.15, 0.2) is 60.9 Å². The van der Waals surface area contributed by atoms with Crippen molar-refractivity contribution in [2.75, 3.05) is 17.7 Å². The van der Waals surface area contributed by atoms with Gasteiger partial charge >= 0.3 is 5.97 Å². The zero-order chi connectivity index (χ0) is 20.8. The predicted octanol–water partition coefficient (Wildman–Crippen LogP) is 4.73. The number of methoxy groups -OCH3 is 1. The smallest absolute Gasteiger partial charge is 0.337 e. The van der Waals surface area contributed by atoms with E-state index >= 15 is 0 Å². The number of aromatic nitrogens is 1. The maximum absolute atomic E-state index is 12.6. The Morgan fingerprint density at radius 2 is 1.76 bits per heavy atom. The molecule has 0 saturated heterocycles. The molecule has 29 heavy (non-hydrogen) atoms. The first-order valence-corrected chi connectivity index (χ1v) is 9.32. The number of esters is 1. The molecule has 2 N–H and O–H groups in total. The summed E-state index contributed by atoms with van der Waals surface area (Å²) < 4.78 is 4.67. The molecule has 148 valence electrons. The second-order valence-corrected chi connectivity index (χ2v) is 6.57. The number of carbonyl (C=O) groups is 2. The van der Waals surface area contributed by atoms with Crippen LogP contribution in [0.4, 0.5) is 17.1 Å². The minimum atomic E-state index is -0.423. The van der Waals surface area contributed by atoms with Crippen LogP contribution in [0.1, 0.15) is 38.8 Å². The Kier molecular flexibility index (Phi) is 6.24. The van der Waals surface area contributed by atoms with Crippen molar-refractivity contribution in [1.82, 2.24) is 4.98 Å². The van der Waals surface area contributed by atoms with E-state index in [1.54, 1.807) is 36.5 Å². The summed E-state index contributed by atoms with van der Waals surface area (Å²) in [5, 5.41) is 6.19. The van der Waals surface area contributed by atoms with Gasteiger partial charge in [-0.15, -0.1) is 0 Å². The highest BCUT2D eigenvalue weighted by Crippen LogP contribution is 2.25. The number of rotatable bonds is 6. The Morgan fingerprint density at radius 3 is 2.45 bits per heavy atom. The third-order valence-corrected chi connectivity index (χ3v) is 4.57. The number of anilines is 3. The Labute approximate surface area is 169 Å². The van der Waals surface area contributed by atoms with E-state index in [2.05, 4.69) is 33.3 Å². The highest BCUT2D eigenvalue weighted by atomic mass is 16.5. The highest BCUT2D eigenvalue weighted by Gasteiger charge is 2.11. The molecule has 3 aromatic rings. The van der Waals surface area contributed by atoms with Crippen molar-refractivity contribution in [1.29, 1.82) is 0 Å². The van der Waals surface area contributed by atoms with Crippen molar-refractivity contribution in [2.45, 2.75) is 20.3 Å². The second-order valence-electron chi connectivity index (χ2n) is 6.57. The Hall–Kier alpha value is -3.67. The standard InChI is InChI=1S/C23H23N3O3/c1-4-16-7-5-6-15(2)21(16)25-20-12-18(13-24-14-20)22(27)26-19-10-8-17(9-11-19)23(28)29-3/h5-14,25H,4H2,1-3H3,(H,26,27). The summed E-state index contributed by atoms with van der Waals surface area (Å²) >= 11 is 0. The number of para-hydroxylation sites is 1. The van der Waals surface area contributed by atoms with Gasteiger partial charge in [-0.1, -0.05) is 25.1 Å². The molecule has 0 bridgehead atoms. The van der Waals surface area contributed by atoms with Gasteiger partial charge < -0.3 is 15.4 Å². The van der Waals surface area contributed by atoms with Gasteiger partial charge in [-0.2, -0.15) is 0 Å². The summed E-state index contributed by atoms with van der Waals surface area (Å²) in [4.78, 5) is 28.3. The van der Waals surface area contributed by atoms with Crippen molar-refractivity contribution in [3.63, 3.8) is 0 Å². The van der Waals surface area contributed by atoms with Crippen molar-refractivity contribution < 1.29 is 14.3 Å². The van der Waals surface area contributed by atoms with Crippen LogP contribution in [0.5, 0.6) is 0 Å². The summed E-state index contributed by atoms with van der Waals surface area (Å²) in [6.45, 7) is 4.15. The van der Waals surface area contributed by atoms with Crippen LogP contribution in [0.3, 0.4) is 0 Å². The van der Waals surface area contributed by atoms with Gasteiger partial charge in [0.15, 0.2) is 0 Å². The molecule has 0 aliphatic heterocycles. The van der Waals surface area contributed by atoms with Gasteiger partial charge in [-0.3, -0.25) is 9.78 Å². The summed E-state index contributed by atoms with van der Waals surface area (Å²) in [7, 11) is 1.33. The van der Waals surface area contributed by atoms with Crippen molar-refractivity contribution in [3.8, 4) is 0 Å². The zero-order valence-corrected chi connectivity index (χ0v) is 16.7. The fourth-order valence-corrected chi connectivity index (χ4v) is 2.99. The first-order chi connectivity index (χ1) is 14.0. The maximum Gasteiger partial charge on any atom is 0.337 e. The molecule has 0 radical (unpaired) electrons.